The minimum absolute atomic E-state index is 0.277. The molecule has 5 heteroatoms. The van der Waals surface area contributed by atoms with Gasteiger partial charge in [0.2, 0.25) is 0 Å². The van der Waals surface area contributed by atoms with Crippen molar-refractivity contribution < 1.29 is 13.5 Å². The normalized spacial score (nSPS) is 14.1. The summed E-state index contributed by atoms with van der Waals surface area (Å²) in [5.74, 6) is 0.546. The van der Waals surface area contributed by atoms with Crippen LogP contribution < -0.4 is 0 Å². The predicted molar refractivity (Wildman–Crippen MR) is 76.8 cm³/mol. The van der Waals surface area contributed by atoms with Crippen LogP contribution in [0.2, 0.25) is 0 Å². The fourth-order valence-corrected chi connectivity index (χ4v) is 2.67. The third-order valence-electron chi connectivity index (χ3n) is 2.85. The number of sulfone groups is 1. The van der Waals surface area contributed by atoms with Gasteiger partial charge in [-0.1, -0.05) is 26.0 Å². The van der Waals surface area contributed by atoms with Gasteiger partial charge in [0.1, 0.15) is 0 Å². The average Bonchev–Trinajstić information content (AvgIpc) is 2.26. The molecule has 0 bridgehead atoms. The first-order chi connectivity index (χ1) is 8.70. The van der Waals surface area contributed by atoms with Gasteiger partial charge in [0.05, 0.1) is 11.0 Å². The zero-order valence-electron chi connectivity index (χ0n) is 12.0. The second-order valence-corrected chi connectivity index (χ2v) is 7.49. The lowest BCUT2D eigenvalue weighted by molar-refractivity contribution is 0.121. The molecular formula is C14H23NO3S. The molecule has 108 valence electrons. The summed E-state index contributed by atoms with van der Waals surface area (Å²) in [6.45, 7) is 5.71. The lowest BCUT2D eigenvalue weighted by Gasteiger charge is -2.22. The zero-order valence-corrected chi connectivity index (χ0v) is 12.8. The molecule has 0 fully saturated rings. The van der Waals surface area contributed by atoms with E-state index in [-0.39, 0.29) is 4.90 Å². The van der Waals surface area contributed by atoms with Gasteiger partial charge >= 0.3 is 0 Å². The van der Waals surface area contributed by atoms with Crippen molar-refractivity contribution in [3.63, 3.8) is 0 Å². The Hall–Kier alpha value is -0.910. The first-order valence-electron chi connectivity index (χ1n) is 6.36. The Balaban J connectivity index is 2.70. The van der Waals surface area contributed by atoms with Crippen molar-refractivity contribution in [1.29, 1.82) is 0 Å². The zero-order chi connectivity index (χ0) is 14.6. The lowest BCUT2D eigenvalue weighted by atomic mass is 10.1. The highest BCUT2D eigenvalue weighted by atomic mass is 32.2. The summed E-state index contributed by atoms with van der Waals surface area (Å²) in [7, 11) is -1.21. The molecule has 0 heterocycles. The Kier molecular flexibility index (Phi) is 5.52. The van der Waals surface area contributed by atoms with Crippen molar-refractivity contribution in [3.8, 4) is 0 Å². The van der Waals surface area contributed by atoms with E-state index < -0.39 is 15.9 Å². The van der Waals surface area contributed by atoms with E-state index >= 15 is 0 Å². The smallest absolute Gasteiger partial charge is 0.175 e. The summed E-state index contributed by atoms with van der Waals surface area (Å²) in [6, 6.07) is 6.42. The Morgan fingerprint density at radius 1 is 1.16 bits per heavy atom. The van der Waals surface area contributed by atoms with Gasteiger partial charge in [-0.05, 0) is 30.7 Å². The molecule has 0 saturated carbocycles. The number of aliphatic hydroxyl groups excluding tert-OH is 1. The SMILES string of the molecule is CC(C)CN(C)CC(O)c1ccc(S(C)(=O)=O)cc1. The van der Waals surface area contributed by atoms with E-state index in [0.29, 0.717) is 12.5 Å². The number of likely N-dealkylation sites (N-methyl/N-ethyl adjacent to an activating group) is 1. The van der Waals surface area contributed by atoms with E-state index in [1.54, 1.807) is 12.1 Å². The molecule has 1 aromatic carbocycles. The van der Waals surface area contributed by atoms with Crippen LogP contribution in [-0.4, -0.2) is 44.8 Å². The molecule has 0 aromatic heterocycles. The Bertz CT molecular complexity index is 494. The van der Waals surface area contributed by atoms with E-state index in [0.717, 1.165) is 12.1 Å². The number of benzene rings is 1. The monoisotopic (exact) mass is 285 g/mol. The molecule has 0 aliphatic rings. The van der Waals surface area contributed by atoms with Crippen molar-refractivity contribution in [3.05, 3.63) is 29.8 Å². The Labute approximate surface area is 116 Å². The van der Waals surface area contributed by atoms with Crippen molar-refractivity contribution in [1.82, 2.24) is 4.90 Å². The Morgan fingerprint density at radius 3 is 2.11 bits per heavy atom. The molecule has 0 saturated heterocycles. The van der Waals surface area contributed by atoms with Gasteiger partial charge in [-0.3, -0.25) is 0 Å². The third-order valence-corrected chi connectivity index (χ3v) is 3.98. The minimum atomic E-state index is -3.18. The topological polar surface area (TPSA) is 57.6 Å². The van der Waals surface area contributed by atoms with Crippen LogP contribution in [0.5, 0.6) is 0 Å². The van der Waals surface area contributed by atoms with Crippen LogP contribution in [0.4, 0.5) is 0 Å². The van der Waals surface area contributed by atoms with E-state index in [4.69, 9.17) is 0 Å². The van der Waals surface area contributed by atoms with E-state index in [9.17, 15) is 13.5 Å². The van der Waals surface area contributed by atoms with Crippen LogP contribution in [0.1, 0.15) is 25.5 Å². The average molecular weight is 285 g/mol. The molecule has 0 amide bonds. The summed E-state index contributed by atoms with van der Waals surface area (Å²) >= 11 is 0. The molecule has 1 rings (SSSR count). The largest absolute Gasteiger partial charge is 0.387 e. The fraction of sp³-hybridized carbons (Fsp3) is 0.571. The van der Waals surface area contributed by atoms with E-state index in [2.05, 4.69) is 18.7 Å². The molecule has 19 heavy (non-hydrogen) atoms. The molecule has 4 nitrogen and oxygen atoms in total. The quantitative estimate of drug-likeness (QED) is 0.864. The minimum Gasteiger partial charge on any atom is -0.387 e. The van der Waals surface area contributed by atoms with Gasteiger partial charge < -0.3 is 10.0 Å². The number of hydrogen-bond acceptors (Lipinski definition) is 4. The molecule has 1 aromatic rings. The maximum Gasteiger partial charge on any atom is 0.175 e. The van der Waals surface area contributed by atoms with Crippen LogP contribution in [0.25, 0.3) is 0 Å². The highest BCUT2D eigenvalue weighted by Crippen LogP contribution is 2.17. The number of aliphatic hydroxyl groups is 1. The second kappa shape index (κ2) is 6.50. The maximum absolute atomic E-state index is 11.3. The molecule has 0 spiro atoms. The molecule has 0 aliphatic heterocycles. The van der Waals surface area contributed by atoms with E-state index in [1.165, 1.54) is 18.4 Å². The second-order valence-electron chi connectivity index (χ2n) is 5.47. The highest BCUT2D eigenvalue weighted by molar-refractivity contribution is 7.90. The molecule has 1 N–H and O–H groups in total. The summed E-state index contributed by atoms with van der Waals surface area (Å²) in [4.78, 5) is 2.35. The van der Waals surface area contributed by atoms with Gasteiger partial charge in [0, 0.05) is 19.3 Å². The van der Waals surface area contributed by atoms with Crippen LogP contribution in [0, 0.1) is 5.92 Å². The van der Waals surface area contributed by atoms with Crippen LogP contribution in [-0.2, 0) is 9.84 Å². The molecule has 1 unspecified atom stereocenters. The predicted octanol–water partition coefficient (Wildman–Crippen LogP) is 1.71. The van der Waals surface area contributed by atoms with Crippen molar-refractivity contribution in [2.24, 2.45) is 5.92 Å². The number of hydrogen-bond donors (Lipinski definition) is 1. The molecule has 1 atom stereocenters. The van der Waals surface area contributed by atoms with Gasteiger partial charge in [-0.25, -0.2) is 8.42 Å². The third kappa shape index (κ3) is 5.30. The fourth-order valence-electron chi connectivity index (χ4n) is 2.04. The summed E-state index contributed by atoms with van der Waals surface area (Å²) in [5.41, 5.74) is 0.739. The van der Waals surface area contributed by atoms with E-state index in [1.807, 2.05) is 7.05 Å². The summed E-state index contributed by atoms with van der Waals surface area (Å²) in [6.07, 6.45) is 0.576. The first kappa shape index (κ1) is 16.1. The van der Waals surface area contributed by atoms with Crippen LogP contribution in [0.15, 0.2) is 29.2 Å². The molecular weight excluding hydrogens is 262 g/mol. The summed E-state index contributed by atoms with van der Waals surface area (Å²) in [5, 5.41) is 10.1. The van der Waals surface area contributed by atoms with Crippen molar-refractivity contribution >= 4 is 9.84 Å². The highest BCUT2D eigenvalue weighted by Gasteiger charge is 2.13. The van der Waals surface area contributed by atoms with Gasteiger partial charge in [0.25, 0.3) is 0 Å². The number of nitrogens with zero attached hydrogens (tertiary/aromatic N) is 1. The first-order valence-corrected chi connectivity index (χ1v) is 8.26. The van der Waals surface area contributed by atoms with Gasteiger partial charge in [0.15, 0.2) is 9.84 Å². The molecule has 0 radical (unpaired) electrons. The summed E-state index contributed by atoms with van der Waals surface area (Å²) < 4.78 is 22.7. The molecule has 0 aliphatic carbocycles. The van der Waals surface area contributed by atoms with Gasteiger partial charge in [-0.2, -0.15) is 0 Å². The number of rotatable bonds is 6. The van der Waals surface area contributed by atoms with Crippen molar-refractivity contribution in [2.75, 3.05) is 26.4 Å². The lowest BCUT2D eigenvalue weighted by Crippen LogP contribution is -2.28. The van der Waals surface area contributed by atoms with Crippen LogP contribution in [0.3, 0.4) is 0 Å². The maximum atomic E-state index is 11.3. The van der Waals surface area contributed by atoms with Crippen LogP contribution >= 0.6 is 0 Å². The standard InChI is InChI=1S/C14H23NO3S/c1-11(2)9-15(3)10-14(16)12-5-7-13(8-6-12)19(4,17)18/h5-8,11,14,16H,9-10H2,1-4H3. The van der Waals surface area contributed by atoms with Gasteiger partial charge in [-0.15, -0.1) is 0 Å². The van der Waals surface area contributed by atoms with Crippen molar-refractivity contribution in [2.45, 2.75) is 24.8 Å². The Morgan fingerprint density at radius 2 is 1.68 bits per heavy atom.